The Morgan fingerprint density at radius 1 is 1.19 bits per heavy atom. The maximum atomic E-state index is 11.8. The predicted molar refractivity (Wildman–Crippen MR) is 69.1 cm³/mol. The molecule has 1 atom stereocenters. The van der Waals surface area contributed by atoms with Gasteiger partial charge in [0.1, 0.15) is 0 Å². The van der Waals surface area contributed by atoms with Crippen LogP contribution < -0.4 is 10.6 Å². The molecule has 4 heteroatoms. The molecule has 98 valence electrons. The molecule has 0 aliphatic carbocycles. The highest BCUT2D eigenvalue weighted by atomic mass is 16.2. The minimum Gasteiger partial charge on any atom is -0.356 e. The fourth-order valence-electron chi connectivity index (χ4n) is 1.49. The molecule has 16 heavy (non-hydrogen) atoms. The molecule has 2 N–H and O–H groups in total. The van der Waals surface area contributed by atoms with Crippen molar-refractivity contribution in [3.8, 4) is 0 Å². The van der Waals surface area contributed by atoms with E-state index < -0.39 is 0 Å². The lowest BCUT2D eigenvalue weighted by Gasteiger charge is -2.21. The van der Waals surface area contributed by atoms with Crippen LogP contribution in [0.2, 0.25) is 0 Å². The normalized spacial score (nSPS) is 12.7. The van der Waals surface area contributed by atoms with Gasteiger partial charge in [0.15, 0.2) is 0 Å². The first-order valence-electron chi connectivity index (χ1n) is 5.95. The number of carbonyl (C=O) groups is 2. The van der Waals surface area contributed by atoms with E-state index in [-0.39, 0.29) is 39.0 Å². The van der Waals surface area contributed by atoms with Gasteiger partial charge in [0.2, 0.25) is 11.8 Å². The molecule has 0 aromatic heterocycles. The Bertz CT molecular complexity index is 246. The molecule has 0 radical (unpaired) electrons. The third kappa shape index (κ3) is 5.73. The summed E-state index contributed by atoms with van der Waals surface area (Å²) in [6.45, 7) is 10.2. The SMILES string of the molecule is CCNC(=O)CC(C(=O)NC(C)C)C(C)C.[HH].[HH]. The Labute approximate surface area is 101 Å². The van der Waals surface area contributed by atoms with E-state index in [1.54, 1.807) is 0 Å². The Morgan fingerprint density at radius 2 is 1.75 bits per heavy atom. The Kier molecular flexibility index (Phi) is 6.77. The highest BCUT2D eigenvalue weighted by Crippen LogP contribution is 2.15. The van der Waals surface area contributed by atoms with E-state index in [0.29, 0.717) is 6.54 Å². The van der Waals surface area contributed by atoms with E-state index in [1.165, 1.54) is 0 Å². The molecule has 1 unspecified atom stereocenters. The molecule has 0 aromatic rings. The maximum Gasteiger partial charge on any atom is 0.224 e. The van der Waals surface area contributed by atoms with Crippen molar-refractivity contribution in [2.75, 3.05) is 6.54 Å². The van der Waals surface area contributed by atoms with Crippen LogP contribution in [-0.4, -0.2) is 24.4 Å². The molecular formula is C12H28N2O2. The molecule has 0 saturated heterocycles. The average molecular weight is 232 g/mol. The van der Waals surface area contributed by atoms with Gasteiger partial charge in [-0.3, -0.25) is 9.59 Å². The van der Waals surface area contributed by atoms with E-state index in [1.807, 2.05) is 34.6 Å². The van der Waals surface area contributed by atoms with Gasteiger partial charge >= 0.3 is 0 Å². The van der Waals surface area contributed by atoms with E-state index in [2.05, 4.69) is 10.6 Å². The second-order valence-corrected chi connectivity index (χ2v) is 4.67. The molecular weight excluding hydrogens is 204 g/mol. The van der Waals surface area contributed by atoms with Crippen LogP contribution in [0, 0.1) is 11.8 Å². The summed E-state index contributed by atoms with van der Waals surface area (Å²) in [5.74, 6) is -0.160. The summed E-state index contributed by atoms with van der Waals surface area (Å²) in [6, 6.07) is 0.114. The van der Waals surface area contributed by atoms with Crippen molar-refractivity contribution in [3.05, 3.63) is 0 Å². The Hall–Kier alpha value is -1.06. The van der Waals surface area contributed by atoms with Crippen LogP contribution in [0.15, 0.2) is 0 Å². The first-order valence-corrected chi connectivity index (χ1v) is 5.95. The molecule has 0 rings (SSSR count). The van der Waals surface area contributed by atoms with E-state index in [4.69, 9.17) is 0 Å². The van der Waals surface area contributed by atoms with Crippen molar-refractivity contribution in [2.45, 2.75) is 47.1 Å². The highest BCUT2D eigenvalue weighted by molar-refractivity contribution is 5.86. The van der Waals surface area contributed by atoms with Gasteiger partial charge in [-0.15, -0.1) is 0 Å². The first kappa shape index (κ1) is 14.9. The van der Waals surface area contributed by atoms with Crippen molar-refractivity contribution >= 4 is 11.8 Å². The third-order valence-electron chi connectivity index (χ3n) is 2.35. The molecule has 0 aromatic carbocycles. The zero-order valence-corrected chi connectivity index (χ0v) is 11.0. The zero-order chi connectivity index (χ0) is 12.7. The molecule has 0 spiro atoms. The Morgan fingerprint density at radius 3 is 2.12 bits per heavy atom. The van der Waals surface area contributed by atoms with Gasteiger partial charge in [-0.05, 0) is 26.7 Å². The lowest BCUT2D eigenvalue weighted by Crippen LogP contribution is -2.40. The predicted octanol–water partition coefficient (Wildman–Crippen LogP) is 1.80. The van der Waals surface area contributed by atoms with Gasteiger partial charge in [-0.1, -0.05) is 13.8 Å². The number of hydrogen-bond acceptors (Lipinski definition) is 2. The van der Waals surface area contributed by atoms with Crippen molar-refractivity contribution in [3.63, 3.8) is 0 Å². The molecule has 0 aliphatic heterocycles. The lowest BCUT2D eigenvalue weighted by atomic mass is 9.91. The number of nitrogens with one attached hydrogen (secondary N) is 2. The minimum atomic E-state index is -0.242. The number of amides is 2. The largest absolute Gasteiger partial charge is 0.356 e. The van der Waals surface area contributed by atoms with Crippen molar-refractivity contribution in [1.29, 1.82) is 0 Å². The summed E-state index contributed by atoms with van der Waals surface area (Å²) in [4.78, 5) is 23.3. The maximum absolute atomic E-state index is 11.8. The smallest absolute Gasteiger partial charge is 0.224 e. The van der Waals surface area contributed by atoms with Crippen LogP contribution in [0.5, 0.6) is 0 Å². The van der Waals surface area contributed by atoms with Crippen molar-refractivity contribution in [1.82, 2.24) is 10.6 Å². The molecule has 0 heterocycles. The van der Waals surface area contributed by atoms with Crippen LogP contribution >= 0.6 is 0 Å². The quantitative estimate of drug-likeness (QED) is 0.733. The summed E-state index contributed by atoms with van der Waals surface area (Å²) in [5.41, 5.74) is 0. The fraction of sp³-hybridized carbons (Fsp3) is 0.833. The molecule has 0 aliphatic rings. The van der Waals surface area contributed by atoms with Crippen molar-refractivity contribution in [2.24, 2.45) is 11.8 Å². The molecule has 0 bridgehead atoms. The average Bonchev–Trinajstić information content (AvgIpc) is 2.12. The van der Waals surface area contributed by atoms with Crippen LogP contribution in [0.25, 0.3) is 0 Å². The van der Waals surface area contributed by atoms with E-state index >= 15 is 0 Å². The standard InChI is InChI=1S/C12H24N2O2.2H2/c1-6-13-11(15)7-10(8(2)3)12(16)14-9(4)5;;/h8-10H,6-7H2,1-5H3,(H,13,15)(H,14,16);2*1H. The van der Waals surface area contributed by atoms with Crippen LogP contribution in [0.3, 0.4) is 0 Å². The van der Waals surface area contributed by atoms with Gasteiger partial charge in [0.05, 0.1) is 0 Å². The van der Waals surface area contributed by atoms with Crippen molar-refractivity contribution < 1.29 is 12.4 Å². The highest BCUT2D eigenvalue weighted by Gasteiger charge is 2.25. The van der Waals surface area contributed by atoms with Gasteiger partial charge in [-0.25, -0.2) is 0 Å². The van der Waals surface area contributed by atoms with Gasteiger partial charge in [0, 0.05) is 27.8 Å². The summed E-state index contributed by atoms with van der Waals surface area (Å²) < 4.78 is 0. The van der Waals surface area contributed by atoms with Crippen LogP contribution in [0.1, 0.15) is 43.9 Å². The van der Waals surface area contributed by atoms with E-state index in [0.717, 1.165) is 0 Å². The summed E-state index contributed by atoms with van der Waals surface area (Å²) >= 11 is 0. The van der Waals surface area contributed by atoms with Crippen LogP contribution in [-0.2, 0) is 9.59 Å². The zero-order valence-electron chi connectivity index (χ0n) is 11.0. The second kappa shape index (κ2) is 7.25. The van der Waals surface area contributed by atoms with Crippen LogP contribution in [0.4, 0.5) is 0 Å². The summed E-state index contributed by atoms with van der Waals surface area (Å²) in [6.07, 6.45) is 0.268. The number of carbonyl (C=O) groups excluding carboxylic acids is 2. The van der Waals surface area contributed by atoms with Gasteiger partial charge in [-0.2, -0.15) is 0 Å². The molecule has 4 nitrogen and oxygen atoms in total. The minimum absolute atomic E-state index is 0. The van der Waals surface area contributed by atoms with Gasteiger partial charge < -0.3 is 10.6 Å². The summed E-state index contributed by atoms with van der Waals surface area (Å²) in [5, 5.41) is 5.57. The summed E-state index contributed by atoms with van der Waals surface area (Å²) in [7, 11) is 0. The molecule has 2 amide bonds. The topological polar surface area (TPSA) is 58.2 Å². The molecule has 0 saturated carbocycles. The molecule has 0 fully saturated rings. The monoisotopic (exact) mass is 232 g/mol. The van der Waals surface area contributed by atoms with Gasteiger partial charge in [0.25, 0.3) is 0 Å². The first-order chi connectivity index (χ1) is 7.38. The number of rotatable bonds is 6. The lowest BCUT2D eigenvalue weighted by molar-refractivity contribution is -0.132. The van der Waals surface area contributed by atoms with E-state index in [9.17, 15) is 9.59 Å². The Balaban J connectivity index is -0.00000112. The fourth-order valence-corrected chi connectivity index (χ4v) is 1.49. The second-order valence-electron chi connectivity index (χ2n) is 4.67. The third-order valence-corrected chi connectivity index (χ3v) is 2.35. The number of hydrogen-bond donors (Lipinski definition) is 2.